The summed E-state index contributed by atoms with van der Waals surface area (Å²) >= 11 is -1.37. The molecule has 1 heterocycles. The minimum absolute atomic E-state index is 0.183. The van der Waals surface area contributed by atoms with E-state index in [1.165, 1.54) is 6.07 Å². The molecule has 0 aromatic carbocycles. The Bertz CT molecular complexity index is 269. The SMILES string of the molecule is C=IC(F)(F)c1cc(C)[nH]n1. The van der Waals surface area contributed by atoms with E-state index in [-0.39, 0.29) is 5.69 Å². The standard InChI is InChI=1S/C6H7F2IN2/c1-4-3-5(11-10-4)6(7,8)9-2/h3H,2H2,1H3,(H,10,11). The zero-order valence-corrected chi connectivity index (χ0v) is 8.02. The van der Waals surface area contributed by atoms with Gasteiger partial charge in [0.05, 0.1) is 0 Å². The Labute approximate surface area is 72.8 Å². The van der Waals surface area contributed by atoms with Crippen molar-refractivity contribution < 1.29 is 8.78 Å². The predicted octanol–water partition coefficient (Wildman–Crippen LogP) is 2.17. The van der Waals surface area contributed by atoms with Crippen molar-refractivity contribution in [2.45, 2.75) is 10.9 Å². The highest BCUT2D eigenvalue weighted by Crippen LogP contribution is 2.37. The largest absolute Gasteiger partial charge is 0.334 e. The van der Waals surface area contributed by atoms with Crippen LogP contribution >= 0.6 is 20.7 Å². The van der Waals surface area contributed by atoms with Gasteiger partial charge in [-0.25, -0.2) is 0 Å². The third kappa shape index (κ3) is 1.82. The number of halogens is 3. The molecule has 0 aliphatic rings. The molecule has 0 fully saturated rings. The molecule has 62 valence electrons. The number of hydrogen-bond donors (Lipinski definition) is 1. The fourth-order valence-electron chi connectivity index (χ4n) is 0.632. The number of nitrogens with one attached hydrogen (secondary N) is 1. The highest BCUT2D eigenvalue weighted by atomic mass is 127. The second kappa shape index (κ2) is 2.96. The molecule has 0 aliphatic heterocycles. The molecule has 0 saturated carbocycles. The molecule has 1 rings (SSSR count). The number of aromatic amines is 1. The molecule has 0 saturated heterocycles. The molecule has 0 amide bonds. The van der Waals surface area contributed by atoms with Gasteiger partial charge in [-0.15, -0.1) is 0 Å². The molecule has 0 aliphatic carbocycles. The summed E-state index contributed by atoms with van der Waals surface area (Å²) in [5.74, 6) is 0. The van der Waals surface area contributed by atoms with Crippen molar-refractivity contribution in [1.82, 2.24) is 10.2 Å². The monoisotopic (exact) mass is 272 g/mol. The topological polar surface area (TPSA) is 28.7 Å². The minimum Gasteiger partial charge on any atom is -0.282 e. The smallest absolute Gasteiger partial charge is 0.282 e. The van der Waals surface area contributed by atoms with Crippen molar-refractivity contribution in [3.63, 3.8) is 0 Å². The number of hydrogen-bond acceptors (Lipinski definition) is 1. The maximum Gasteiger partial charge on any atom is 0.334 e. The van der Waals surface area contributed by atoms with E-state index in [2.05, 4.69) is 14.7 Å². The molecule has 11 heavy (non-hydrogen) atoms. The Balaban J connectivity index is 3.01. The fourth-order valence-corrected chi connectivity index (χ4v) is 1.30. The average molecular weight is 272 g/mol. The van der Waals surface area contributed by atoms with Crippen molar-refractivity contribution >= 4 is 25.2 Å². The number of H-pyrrole nitrogens is 1. The number of nitrogens with zero attached hydrogens (tertiary/aromatic N) is 1. The molecule has 0 unspecified atom stereocenters. The number of aryl methyl sites for hydroxylation is 1. The first-order chi connectivity index (χ1) is 5.06. The first kappa shape index (κ1) is 8.76. The molecule has 0 radical (unpaired) electrons. The highest BCUT2D eigenvalue weighted by molar-refractivity contribution is 14.2. The van der Waals surface area contributed by atoms with Crippen molar-refractivity contribution in [2.24, 2.45) is 0 Å². The van der Waals surface area contributed by atoms with Gasteiger partial charge in [-0.1, -0.05) is 4.51 Å². The van der Waals surface area contributed by atoms with Gasteiger partial charge in [-0.2, -0.15) is 13.9 Å². The second-order valence-corrected chi connectivity index (χ2v) is 4.19. The van der Waals surface area contributed by atoms with Crippen LogP contribution in [0.2, 0.25) is 0 Å². The van der Waals surface area contributed by atoms with Crippen LogP contribution in [0.25, 0.3) is 0 Å². The quantitative estimate of drug-likeness (QED) is 0.648. The summed E-state index contributed by atoms with van der Waals surface area (Å²) in [5.41, 5.74) is 0.468. The summed E-state index contributed by atoms with van der Waals surface area (Å²) in [6, 6.07) is 1.35. The fraction of sp³-hybridized carbons (Fsp3) is 0.333. The third-order valence-corrected chi connectivity index (χ3v) is 2.67. The Morgan fingerprint density at radius 2 is 2.36 bits per heavy atom. The van der Waals surface area contributed by atoms with Crippen molar-refractivity contribution in [1.29, 1.82) is 0 Å². The lowest BCUT2D eigenvalue weighted by atomic mass is 10.4. The van der Waals surface area contributed by atoms with Crippen LogP contribution in [0, 0.1) is 6.92 Å². The van der Waals surface area contributed by atoms with Gasteiger partial charge in [-0.3, -0.25) is 5.10 Å². The van der Waals surface area contributed by atoms with Gasteiger partial charge >= 0.3 is 3.93 Å². The lowest BCUT2D eigenvalue weighted by Crippen LogP contribution is -2.03. The van der Waals surface area contributed by atoms with Crippen molar-refractivity contribution in [3.05, 3.63) is 17.5 Å². The van der Waals surface area contributed by atoms with Gasteiger partial charge in [0.25, 0.3) is 0 Å². The molecule has 2 nitrogen and oxygen atoms in total. The van der Waals surface area contributed by atoms with Crippen LogP contribution in [0.1, 0.15) is 11.4 Å². The summed E-state index contributed by atoms with van der Waals surface area (Å²) < 4.78 is 26.1. The van der Waals surface area contributed by atoms with Gasteiger partial charge in [0.15, 0.2) is 0 Å². The Morgan fingerprint density at radius 3 is 2.73 bits per heavy atom. The molecule has 0 bridgehead atoms. The first-order valence-corrected chi connectivity index (χ1v) is 5.46. The maximum absolute atomic E-state index is 12.8. The second-order valence-electron chi connectivity index (χ2n) is 2.07. The van der Waals surface area contributed by atoms with Crippen LogP contribution in [0.4, 0.5) is 8.78 Å². The zero-order valence-electron chi connectivity index (χ0n) is 5.87. The van der Waals surface area contributed by atoms with E-state index in [1.807, 2.05) is 0 Å². The Kier molecular flexibility index (Phi) is 2.36. The molecule has 1 aromatic heterocycles. The van der Waals surface area contributed by atoms with Gasteiger partial charge in [-0.05, 0) is 33.7 Å². The van der Waals surface area contributed by atoms with E-state index in [4.69, 9.17) is 0 Å². The van der Waals surface area contributed by atoms with Crippen LogP contribution in [0.15, 0.2) is 6.07 Å². The van der Waals surface area contributed by atoms with E-state index in [0.717, 1.165) is 0 Å². The molecule has 1 N–H and O–H groups in total. The predicted molar refractivity (Wildman–Crippen MR) is 48.4 cm³/mol. The lowest BCUT2D eigenvalue weighted by molar-refractivity contribution is 0.122. The summed E-state index contributed by atoms with van der Waals surface area (Å²) in [6.45, 7) is 1.69. The van der Waals surface area contributed by atoms with E-state index in [9.17, 15) is 8.78 Å². The Morgan fingerprint density at radius 1 is 1.73 bits per heavy atom. The normalized spacial score (nSPS) is 11.9. The van der Waals surface area contributed by atoms with Crippen molar-refractivity contribution in [2.75, 3.05) is 0 Å². The van der Waals surface area contributed by atoms with Gasteiger partial charge in [0, 0.05) is 5.69 Å². The van der Waals surface area contributed by atoms with Crippen LogP contribution in [0.5, 0.6) is 0 Å². The lowest BCUT2D eigenvalue weighted by Gasteiger charge is -2.04. The maximum atomic E-state index is 12.8. The van der Waals surface area contributed by atoms with E-state index < -0.39 is 24.7 Å². The van der Waals surface area contributed by atoms with Gasteiger partial charge in [0.2, 0.25) is 0 Å². The molecule has 1 aromatic rings. The van der Waals surface area contributed by atoms with E-state index in [1.54, 1.807) is 6.92 Å². The molecule has 0 atom stereocenters. The first-order valence-electron chi connectivity index (χ1n) is 2.86. The number of alkyl halides is 3. The van der Waals surface area contributed by atoms with Crippen LogP contribution in [-0.2, 0) is 3.93 Å². The number of rotatable bonds is 2. The number of aromatic nitrogens is 2. The minimum atomic E-state index is -2.79. The molecule has 5 heteroatoms. The summed E-state index contributed by atoms with van der Waals surface area (Å²) in [7, 11) is 0. The summed E-state index contributed by atoms with van der Waals surface area (Å²) in [5, 5.41) is 5.94. The Hall–Kier alpha value is -0.330. The van der Waals surface area contributed by atoms with E-state index in [0.29, 0.717) is 5.69 Å². The zero-order chi connectivity index (χ0) is 8.48. The average Bonchev–Trinajstić information content (AvgIpc) is 2.36. The third-order valence-electron chi connectivity index (χ3n) is 1.16. The van der Waals surface area contributed by atoms with E-state index >= 15 is 0 Å². The molecule has 0 spiro atoms. The van der Waals surface area contributed by atoms with Gasteiger partial charge in [0.1, 0.15) is 5.69 Å². The van der Waals surface area contributed by atoms with Crippen LogP contribution in [0.3, 0.4) is 0 Å². The van der Waals surface area contributed by atoms with Crippen LogP contribution in [-0.4, -0.2) is 14.7 Å². The van der Waals surface area contributed by atoms with Crippen molar-refractivity contribution in [3.8, 4) is 0 Å². The summed E-state index contributed by atoms with van der Waals surface area (Å²) in [4.78, 5) is 0. The highest BCUT2D eigenvalue weighted by Gasteiger charge is 2.30. The molecular formula is C6H7F2IN2. The van der Waals surface area contributed by atoms with Gasteiger partial charge < -0.3 is 0 Å². The van der Waals surface area contributed by atoms with Crippen LogP contribution < -0.4 is 0 Å². The molecular weight excluding hydrogens is 265 g/mol. The summed E-state index contributed by atoms with van der Waals surface area (Å²) in [6.07, 6.45) is 0.